The largest absolute Gasteiger partial charge is 0.435 e. The van der Waals surface area contributed by atoms with Gasteiger partial charge in [0.2, 0.25) is 0 Å². The summed E-state index contributed by atoms with van der Waals surface area (Å²) in [6, 6.07) is 4.51. The highest BCUT2D eigenvalue weighted by atomic mass is 19.4. The number of halogens is 4. The van der Waals surface area contributed by atoms with Gasteiger partial charge in [-0.3, -0.25) is 4.79 Å². The van der Waals surface area contributed by atoms with Crippen LogP contribution in [-0.2, 0) is 6.18 Å². The predicted molar refractivity (Wildman–Crippen MR) is 86.6 cm³/mol. The van der Waals surface area contributed by atoms with Crippen molar-refractivity contribution in [2.45, 2.75) is 37.9 Å². The highest BCUT2D eigenvalue weighted by molar-refractivity contribution is 5.93. The minimum Gasteiger partial charge on any atom is -0.396 e. The Morgan fingerprint density at radius 1 is 1.22 bits per heavy atom. The smallest absolute Gasteiger partial charge is 0.396 e. The molecule has 0 aliphatic heterocycles. The van der Waals surface area contributed by atoms with E-state index >= 15 is 0 Å². The number of rotatable bonds is 4. The number of amides is 1. The fraction of sp³-hybridized carbons (Fsp3) is 0.471. The van der Waals surface area contributed by atoms with Crippen LogP contribution in [0.1, 0.15) is 41.9 Å². The molecule has 1 aromatic heterocycles. The Kier molecular flexibility index (Phi) is 5.45. The van der Waals surface area contributed by atoms with Crippen molar-refractivity contribution in [2.24, 2.45) is 5.92 Å². The number of nitrogens with zero attached hydrogens (tertiary/aromatic N) is 3. The number of hydrogen-bond donors (Lipinski definition) is 2. The minimum atomic E-state index is -4.95. The fourth-order valence-electron chi connectivity index (χ4n) is 3.22. The third-order valence-electron chi connectivity index (χ3n) is 4.67. The van der Waals surface area contributed by atoms with E-state index < -0.39 is 35.0 Å². The van der Waals surface area contributed by atoms with Gasteiger partial charge in [-0.15, -0.1) is 5.10 Å². The number of para-hydroxylation sites is 1. The zero-order valence-corrected chi connectivity index (χ0v) is 14.2. The van der Waals surface area contributed by atoms with Crippen molar-refractivity contribution in [2.75, 3.05) is 6.61 Å². The standard InChI is InChI=1S/C17H18F4N4O2/c18-12-3-1-2-4-13(12)25-15(17(19,20)21)14(23-24-25)16(27)22-11-7-5-10(9-26)6-8-11/h1-4,10-11,26H,5-9H2,(H,22,27). The summed E-state index contributed by atoms with van der Waals surface area (Å²) in [7, 11) is 0. The third kappa shape index (κ3) is 4.10. The lowest BCUT2D eigenvalue weighted by Crippen LogP contribution is -2.39. The monoisotopic (exact) mass is 386 g/mol. The number of aromatic nitrogens is 3. The van der Waals surface area contributed by atoms with Gasteiger partial charge in [-0.2, -0.15) is 13.2 Å². The van der Waals surface area contributed by atoms with Gasteiger partial charge >= 0.3 is 6.18 Å². The molecule has 0 saturated heterocycles. The van der Waals surface area contributed by atoms with E-state index in [2.05, 4.69) is 15.6 Å². The molecule has 0 unspecified atom stereocenters. The molecule has 1 fully saturated rings. The van der Waals surface area contributed by atoms with Gasteiger partial charge in [-0.25, -0.2) is 9.07 Å². The molecule has 27 heavy (non-hydrogen) atoms. The molecule has 3 rings (SSSR count). The van der Waals surface area contributed by atoms with Gasteiger partial charge in [-0.1, -0.05) is 17.3 Å². The molecule has 2 N–H and O–H groups in total. The van der Waals surface area contributed by atoms with Crippen LogP contribution in [0.5, 0.6) is 0 Å². The first-order valence-corrected chi connectivity index (χ1v) is 8.50. The first-order chi connectivity index (χ1) is 12.8. The number of carbonyl (C=O) groups excluding carboxylic acids is 1. The molecule has 1 aromatic carbocycles. The maximum atomic E-state index is 13.9. The van der Waals surface area contributed by atoms with Crippen LogP contribution in [-0.4, -0.2) is 38.7 Å². The lowest BCUT2D eigenvalue weighted by molar-refractivity contribution is -0.143. The molecule has 0 spiro atoms. The average molecular weight is 386 g/mol. The van der Waals surface area contributed by atoms with E-state index in [1.54, 1.807) is 0 Å². The number of carbonyl (C=O) groups is 1. The van der Waals surface area contributed by atoms with Crippen molar-refractivity contribution >= 4 is 5.91 Å². The molecule has 0 bridgehead atoms. The van der Waals surface area contributed by atoms with Crippen molar-refractivity contribution in [3.63, 3.8) is 0 Å². The van der Waals surface area contributed by atoms with Crippen LogP contribution < -0.4 is 5.32 Å². The second kappa shape index (κ2) is 7.63. The molecule has 1 heterocycles. The van der Waals surface area contributed by atoms with Crippen LogP contribution in [0.4, 0.5) is 17.6 Å². The van der Waals surface area contributed by atoms with Crippen LogP contribution >= 0.6 is 0 Å². The summed E-state index contributed by atoms with van der Waals surface area (Å²) in [6.07, 6.45) is -2.49. The Morgan fingerprint density at radius 3 is 2.48 bits per heavy atom. The predicted octanol–water partition coefficient (Wildman–Crippen LogP) is 2.71. The van der Waals surface area contributed by atoms with Gasteiger partial charge < -0.3 is 10.4 Å². The molecule has 10 heteroatoms. The first kappa shape index (κ1) is 19.3. The van der Waals surface area contributed by atoms with Crippen LogP contribution in [0, 0.1) is 11.7 Å². The second-order valence-corrected chi connectivity index (χ2v) is 6.52. The van der Waals surface area contributed by atoms with Crippen LogP contribution in [0.25, 0.3) is 5.69 Å². The van der Waals surface area contributed by atoms with Crippen LogP contribution in [0.15, 0.2) is 24.3 Å². The summed E-state index contributed by atoms with van der Waals surface area (Å²) in [5.41, 5.74) is -2.76. The fourth-order valence-corrected chi connectivity index (χ4v) is 3.22. The first-order valence-electron chi connectivity index (χ1n) is 8.50. The molecule has 0 atom stereocenters. The number of alkyl halides is 3. The van der Waals surface area contributed by atoms with E-state index in [-0.39, 0.29) is 18.6 Å². The van der Waals surface area contributed by atoms with E-state index in [0.717, 1.165) is 12.1 Å². The van der Waals surface area contributed by atoms with E-state index in [1.807, 2.05) is 0 Å². The Morgan fingerprint density at radius 2 is 1.89 bits per heavy atom. The molecule has 1 amide bonds. The lowest BCUT2D eigenvalue weighted by Gasteiger charge is -2.27. The van der Waals surface area contributed by atoms with Gasteiger partial charge in [0.1, 0.15) is 11.5 Å². The minimum absolute atomic E-state index is 0.0514. The second-order valence-electron chi connectivity index (χ2n) is 6.52. The molecule has 0 radical (unpaired) electrons. The normalized spacial score (nSPS) is 20.5. The van der Waals surface area contributed by atoms with E-state index in [4.69, 9.17) is 5.11 Å². The van der Waals surface area contributed by atoms with E-state index in [1.165, 1.54) is 12.1 Å². The average Bonchev–Trinajstić information content (AvgIpc) is 3.08. The Labute approximate surface area is 152 Å². The number of hydrogen-bond acceptors (Lipinski definition) is 4. The van der Waals surface area contributed by atoms with Gasteiger partial charge in [0.15, 0.2) is 11.4 Å². The third-order valence-corrected chi connectivity index (χ3v) is 4.67. The zero-order chi connectivity index (χ0) is 19.6. The SMILES string of the molecule is O=C(NC1CCC(CO)CC1)c1nnn(-c2ccccc2F)c1C(F)(F)F. The summed E-state index contributed by atoms with van der Waals surface area (Å²) in [5.74, 6) is -1.77. The van der Waals surface area contributed by atoms with E-state index in [0.29, 0.717) is 30.4 Å². The van der Waals surface area contributed by atoms with Crippen molar-refractivity contribution < 1.29 is 27.5 Å². The van der Waals surface area contributed by atoms with Gasteiger partial charge in [0, 0.05) is 12.6 Å². The highest BCUT2D eigenvalue weighted by Gasteiger charge is 2.42. The molecule has 1 aliphatic carbocycles. The molecule has 6 nitrogen and oxygen atoms in total. The zero-order valence-electron chi connectivity index (χ0n) is 14.2. The van der Waals surface area contributed by atoms with Gasteiger partial charge in [0.05, 0.1) is 0 Å². The summed E-state index contributed by atoms with van der Waals surface area (Å²) >= 11 is 0. The van der Waals surface area contributed by atoms with Gasteiger partial charge in [-0.05, 0) is 43.7 Å². The molecule has 146 valence electrons. The molecule has 1 saturated carbocycles. The molecule has 1 aliphatic rings. The van der Waals surface area contributed by atoms with Crippen molar-refractivity contribution in [1.82, 2.24) is 20.3 Å². The summed E-state index contributed by atoms with van der Waals surface area (Å²) in [6.45, 7) is 0.0514. The Balaban J connectivity index is 1.88. The topological polar surface area (TPSA) is 80.0 Å². The van der Waals surface area contributed by atoms with Crippen molar-refractivity contribution in [3.8, 4) is 5.69 Å². The van der Waals surface area contributed by atoms with Crippen molar-refractivity contribution in [1.29, 1.82) is 0 Å². The molecule has 2 aromatic rings. The number of benzene rings is 1. The Hall–Kier alpha value is -2.49. The molecular weight excluding hydrogens is 368 g/mol. The number of aliphatic hydroxyl groups excluding tert-OH is 1. The van der Waals surface area contributed by atoms with Crippen LogP contribution in [0.3, 0.4) is 0 Å². The maximum Gasteiger partial charge on any atom is 0.435 e. The molecular formula is C17H18F4N4O2. The van der Waals surface area contributed by atoms with E-state index in [9.17, 15) is 22.4 Å². The summed E-state index contributed by atoms with van der Waals surface area (Å²) in [5, 5.41) is 18.4. The summed E-state index contributed by atoms with van der Waals surface area (Å²) < 4.78 is 54.9. The van der Waals surface area contributed by atoms with Crippen molar-refractivity contribution in [3.05, 3.63) is 41.5 Å². The number of aliphatic hydroxyl groups is 1. The lowest BCUT2D eigenvalue weighted by atomic mass is 9.86. The number of nitrogens with one attached hydrogen (secondary N) is 1. The quantitative estimate of drug-likeness (QED) is 0.792. The maximum absolute atomic E-state index is 13.9. The Bertz CT molecular complexity index is 814. The van der Waals surface area contributed by atoms with Crippen LogP contribution in [0.2, 0.25) is 0 Å². The summed E-state index contributed by atoms with van der Waals surface area (Å²) in [4.78, 5) is 12.4. The van der Waals surface area contributed by atoms with Gasteiger partial charge in [0.25, 0.3) is 5.91 Å². The highest BCUT2D eigenvalue weighted by Crippen LogP contribution is 2.33.